The zero-order chi connectivity index (χ0) is 11.8. The average Bonchev–Trinajstić information content (AvgIpc) is 2.75. The predicted octanol–water partition coefficient (Wildman–Crippen LogP) is 2.89. The summed E-state index contributed by atoms with van der Waals surface area (Å²) < 4.78 is 0. The van der Waals surface area contributed by atoms with E-state index in [-0.39, 0.29) is 0 Å². The van der Waals surface area contributed by atoms with Gasteiger partial charge in [-0.3, -0.25) is 0 Å². The van der Waals surface area contributed by atoms with E-state index in [9.17, 15) is 0 Å². The Morgan fingerprint density at radius 1 is 1.19 bits per heavy atom. The molecule has 1 aliphatic rings. The normalized spacial score (nSPS) is 17.8. The number of nitrogens with zero attached hydrogens (tertiary/aromatic N) is 1. The SMILES string of the molecule is CC(C)N(C)CCCCNCC1CCCC1. The van der Waals surface area contributed by atoms with Gasteiger partial charge in [-0.2, -0.15) is 0 Å². The molecule has 1 fully saturated rings. The van der Waals surface area contributed by atoms with Crippen molar-refractivity contribution in [3.8, 4) is 0 Å². The van der Waals surface area contributed by atoms with E-state index in [0.29, 0.717) is 6.04 Å². The molecular weight excluding hydrogens is 196 g/mol. The van der Waals surface area contributed by atoms with Crippen LogP contribution in [0.25, 0.3) is 0 Å². The molecule has 0 unspecified atom stereocenters. The molecule has 0 heterocycles. The van der Waals surface area contributed by atoms with E-state index < -0.39 is 0 Å². The van der Waals surface area contributed by atoms with E-state index in [1.54, 1.807) is 0 Å². The van der Waals surface area contributed by atoms with Gasteiger partial charge in [0.25, 0.3) is 0 Å². The van der Waals surface area contributed by atoms with Crippen LogP contribution in [0, 0.1) is 5.92 Å². The zero-order valence-corrected chi connectivity index (χ0v) is 11.5. The number of rotatable bonds is 8. The predicted molar refractivity (Wildman–Crippen MR) is 71.8 cm³/mol. The average molecular weight is 226 g/mol. The van der Waals surface area contributed by atoms with Crippen LogP contribution in [0.15, 0.2) is 0 Å². The van der Waals surface area contributed by atoms with Crippen LogP contribution < -0.4 is 5.32 Å². The maximum atomic E-state index is 3.61. The third-order valence-corrected chi connectivity index (χ3v) is 3.90. The van der Waals surface area contributed by atoms with Crippen LogP contribution in [0.1, 0.15) is 52.4 Å². The fourth-order valence-electron chi connectivity index (χ4n) is 2.39. The molecule has 0 radical (unpaired) electrons. The Balaban J connectivity index is 1.84. The van der Waals surface area contributed by atoms with E-state index in [1.807, 2.05) is 0 Å². The van der Waals surface area contributed by atoms with Crippen LogP contribution in [0.5, 0.6) is 0 Å². The summed E-state index contributed by atoms with van der Waals surface area (Å²) in [7, 11) is 2.22. The van der Waals surface area contributed by atoms with Crippen molar-refractivity contribution in [2.24, 2.45) is 5.92 Å². The van der Waals surface area contributed by atoms with Crippen LogP contribution in [-0.4, -0.2) is 37.6 Å². The lowest BCUT2D eigenvalue weighted by Gasteiger charge is -2.20. The lowest BCUT2D eigenvalue weighted by Crippen LogP contribution is -2.28. The van der Waals surface area contributed by atoms with Crippen molar-refractivity contribution < 1.29 is 0 Å². The number of nitrogens with one attached hydrogen (secondary N) is 1. The third-order valence-electron chi connectivity index (χ3n) is 3.90. The Labute approximate surface area is 102 Å². The highest BCUT2D eigenvalue weighted by Crippen LogP contribution is 2.23. The standard InChI is InChI=1S/C14H30N2/c1-13(2)16(3)11-7-6-10-15-12-14-8-4-5-9-14/h13-15H,4-12H2,1-3H3. The fraction of sp³-hybridized carbons (Fsp3) is 1.00. The Morgan fingerprint density at radius 3 is 2.50 bits per heavy atom. The summed E-state index contributed by atoms with van der Waals surface area (Å²) in [5, 5.41) is 3.61. The molecule has 0 saturated heterocycles. The van der Waals surface area contributed by atoms with Crippen LogP contribution in [-0.2, 0) is 0 Å². The Morgan fingerprint density at radius 2 is 1.88 bits per heavy atom. The van der Waals surface area contributed by atoms with Crippen LogP contribution in [0.2, 0.25) is 0 Å². The van der Waals surface area contributed by atoms with E-state index in [2.05, 4.69) is 31.1 Å². The Hall–Kier alpha value is -0.0800. The molecule has 1 aliphatic carbocycles. The molecular formula is C14H30N2. The topological polar surface area (TPSA) is 15.3 Å². The van der Waals surface area contributed by atoms with Gasteiger partial charge in [-0.1, -0.05) is 12.8 Å². The van der Waals surface area contributed by atoms with Crippen molar-refractivity contribution in [3.05, 3.63) is 0 Å². The summed E-state index contributed by atoms with van der Waals surface area (Å²) in [6, 6.07) is 0.687. The summed E-state index contributed by atoms with van der Waals surface area (Å²) in [5.74, 6) is 0.985. The molecule has 0 atom stereocenters. The zero-order valence-electron chi connectivity index (χ0n) is 11.5. The van der Waals surface area contributed by atoms with Gasteiger partial charge >= 0.3 is 0 Å². The maximum absolute atomic E-state index is 3.61. The van der Waals surface area contributed by atoms with Crippen molar-refractivity contribution >= 4 is 0 Å². The second-order valence-electron chi connectivity index (χ2n) is 5.64. The first-order valence-corrected chi connectivity index (χ1v) is 7.11. The summed E-state index contributed by atoms with van der Waals surface area (Å²) in [6.07, 6.45) is 8.50. The van der Waals surface area contributed by atoms with E-state index in [0.717, 1.165) is 5.92 Å². The summed E-state index contributed by atoms with van der Waals surface area (Å²) in [6.45, 7) is 8.24. The third kappa shape index (κ3) is 5.86. The van der Waals surface area contributed by atoms with Crippen LogP contribution in [0.4, 0.5) is 0 Å². The van der Waals surface area contributed by atoms with Gasteiger partial charge in [0.2, 0.25) is 0 Å². The molecule has 1 N–H and O–H groups in total. The number of hydrogen-bond donors (Lipinski definition) is 1. The largest absolute Gasteiger partial charge is 0.316 e. The first-order chi connectivity index (χ1) is 7.70. The first kappa shape index (κ1) is 14.0. The molecule has 16 heavy (non-hydrogen) atoms. The highest BCUT2D eigenvalue weighted by atomic mass is 15.1. The minimum atomic E-state index is 0.687. The van der Waals surface area contributed by atoms with Crippen LogP contribution in [0.3, 0.4) is 0 Å². The lowest BCUT2D eigenvalue weighted by atomic mass is 10.1. The van der Waals surface area contributed by atoms with Gasteiger partial charge in [-0.15, -0.1) is 0 Å². The monoisotopic (exact) mass is 226 g/mol. The molecule has 1 rings (SSSR count). The summed E-state index contributed by atoms with van der Waals surface area (Å²) >= 11 is 0. The fourth-order valence-corrected chi connectivity index (χ4v) is 2.39. The molecule has 2 nitrogen and oxygen atoms in total. The highest BCUT2D eigenvalue weighted by Gasteiger charge is 2.13. The van der Waals surface area contributed by atoms with Crippen LogP contribution >= 0.6 is 0 Å². The van der Waals surface area contributed by atoms with Crippen molar-refractivity contribution in [1.29, 1.82) is 0 Å². The second kappa shape index (κ2) is 8.08. The number of hydrogen-bond acceptors (Lipinski definition) is 2. The molecule has 0 aromatic rings. The minimum Gasteiger partial charge on any atom is -0.316 e. The quantitative estimate of drug-likeness (QED) is 0.640. The van der Waals surface area contributed by atoms with Gasteiger partial charge in [-0.25, -0.2) is 0 Å². The second-order valence-corrected chi connectivity index (χ2v) is 5.64. The first-order valence-electron chi connectivity index (χ1n) is 7.11. The smallest absolute Gasteiger partial charge is 0.00355 e. The highest BCUT2D eigenvalue weighted by molar-refractivity contribution is 4.69. The minimum absolute atomic E-state index is 0.687. The molecule has 2 heteroatoms. The van der Waals surface area contributed by atoms with Gasteiger partial charge in [0.15, 0.2) is 0 Å². The van der Waals surface area contributed by atoms with E-state index in [4.69, 9.17) is 0 Å². The van der Waals surface area contributed by atoms with E-state index >= 15 is 0 Å². The summed E-state index contributed by atoms with van der Waals surface area (Å²) in [5.41, 5.74) is 0. The van der Waals surface area contributed by atoms with Crippen molar-refractivity contribution in [2.75, 3.05) is 26.7 Å². The van der Waals surface area contributed by atoms with Crippen molar-refractivity contribution in [2.45, 2.75) is 58.4 Å². The van der Waals surface area contributed by atoms with Gasteiger partial charge in [-0.05, 0) is 72.1 Å². The van der Waals surface area contributed by atoms with Gasteiger partial charge < -0.3 is 10.2 Å². The summed E-state index contributed by atoms with van der Waals surface area (Å²) in [4.78, 5) is 2.43. The van der Waals surface area contributed by atoms with Gasteiger partial charge in [0.1, 0.15) is 0 Å². The molecule has 0 aromatic carbocycles. The van der Waals surface area contributed by atoms with Crippen molar-refractivity contribution in [3.63, 3.8) is 0 Å². The Bertz CT molecular complexity index is 156. The van der Waals surface area contributed by atoms with Crippen molar-refractivity contribution in [1.82, 2.24) is 10.2 Å². The molecule has 0 spiro atoms. The van der Waals surface area contributed by atoms with Gasteiger partial charge in [0, 0.05) is 6.04 Å². The molecule has 0 bridgehead atoms. The molecule has 96 valence electrons. The molecule has 0 aromatic heterocycles. The maximum Gasteiger partial charge on any atom is 0.00355 e. The molecule has 0 aliphatic heterocycles. The van der Waals surface area contributed by atoms with Gasteiger partial charge in [0.05, 0.1) is 0 Å². The number of unbranched alkanes of at least 4 members (excludes halogenated alkanes) is 1. The van der Waals surface area contributed by atoms with E-state index in [1.165, 1.54) is 58.2 Å². The Kier molecular flexibility index (Phi) is 7.06. The molecule has 0 amide bonds. The lowest BCUT2D eigenvalue weighted by molar-refractivity contribution is 0.267. The molecule has 1 saturated carbocycles.